The van der Waals surface area contributed by atoms with Gasteiger partial charge in [-0.2, -0.15) is 0 Å². The highest BCUT2D eigenvalue weighted by atomic mass is 16.1. The van der Waals surface area contributed by atoms with Gasteiger partial charge in [-0.15, -0.1) is 0 Å². The van der Waals surface area contributed by atoms with Gasteiger partial charge in [-0.3, -0.25) is 4.79 Å². The van der Waals surface area contributed by atoms with E-state index in [1.165, 1.54) is 51.4 Å². The monoisotopic (exact) mass is 354 g/mol. The Morgan fingerprint density at radius 2 is 1.68 bits per heavy atom. The van der Waals surface area contributed by atoms with Crippen LogP contribution in [0.5, 0.6) is 0 Å². The van der Waals surface area contributed by atoms with Gasteiger partial charge in [0.05, 0.1) is 0 Å². The Labute approximate surface area is 157 Å². The Bertz CT molecular complexity index is 320. The number of hydrogen-bond donors (Lipinski definition) is 2. The molecule has 2 unspecified atom stereocenters. The van der Waals surface area contributed by atoms with Gasteiger partial charge in [-0.25, -0.2) is 0 Å². The Morgan fingerprint density at radius 3 is 1.96 bits per heavy atom. The van der Waals surface area contributed by atoms with Gasteiger partial charge in [-0.05, 0) is 44.4 Å². The lowest BCUT2D eigenvalue weighted by molar-refractivity contribution is -0.119. The van der Waals surface area contributed by atoms with Crippen molar-refractivity contribution in [2.24, 2.45) is 23.5 Å². The van der Waals surface area contributed by atoms with Crippen molar-refractivity contribution in [3.8, 4) is 0 Å². The van der Waals surface area contributed by atoms with Crippen LogP contribution in [-0.2, 0) is 4.79 Å². The number of rotatable bonds is 5. The molecule has 0 aromatic rings. The quantitative estimate of drug-likeness (QED) is 0.668. The molecule has 2 fully saturated rings. The summed E-state index contributed by atoms with van der Waals surface area (Å²) in [4.78, 5) is 10.3. The summed E-state index contributed by atoms with van der Waals surface area (Å²) >= 11 is 0. The summed E-state index contributed by atoms with van der Waals surface area (Å²) < 4.78 is 0. The fourth-order valence-electron chi connectivity index (χ4n) is 3.47. The lowest BCUT2D eigenvalue weighted by Crippen LogP contribution is -2.22. The van der Waals surface area contributed by atoms with Gasteiger partial charge in [0.15, 0.2) is 0 Å². The summed E-state index contributed by atoms with van der Waals surface area (Å²) in [5.41, 5.74) is 5.76. The van der Waals surface area contributed by atoms with E-state index in [-0.39, 0.29) is 5.91 Å². The largest absolute Gasteiger partial charge is 0.354 e. The number of carbonyl (C=O) groups excluding carboxylic acids is 1. The molecule has 3 heteroatoms. The Morgan fingerprint density at radius 1 is 1.08 bits per heavy atom. The molecule has 1 aliphatic carbocycles. The van der Waals surface area contributed by atoms with Gasteiger partial charge in [0.2, 0.25) is 5.91 Å². The van der Waals surface area contributed by atoms with Crippen LogP contribution >= 0.6 is 0 Å². The third-order valence-electron chi connectivity index (χ3n) is 5.19. The van der Waals surface area contributed by atoms with E-state index < -0.39 is 0 Å². The molecule has 2 rings (SSSR count). The zero-order chi connectivity index (χ0) is 19.2. The topological polar surface area (TPSA) is 55.1 Å². The fraction of sp³-hybridized carbons (Fsp3) is 0.955. The van der Waals surface area contributed by atoms with Crippen LogP contribution < -0.4 is 11.1 Å². The number of nitrogens with one attached hydrogen (secondary N) is 1. The zero-order valence-electron chi connectivity index (χ0n) is 17.9. The second-order valence-corrected chi connectivity index (χ2v) is 8.88. The molecule has 25 heavy (non-hydrogen) atoms. The maximum Gasteiger partial charge on any atom is 0.220 e. The van der Waals surface area contributed by atoms with Crippen LogP contribution in [0.25, 0.3) is 0 Å². The van der Waals surface area contributed by atoms with Crippen molar-refractivity contribution >= 4 is 5.91 Å². The predicted octanol–water partition coefficient (Wildman–Crippen LogP) is 5.67. The summed E-state index contributed by atoms with van der Waals surface area (Å²) in [6, 6.07) is 0.834. The molecule has 0 aromatic heterocycles. The first-order valence-corrected chi connectivity index (χ1v) is 10.8. The van der Waals surface area contributed by atoms with E-state index in [1.54, 1.807) is 0 Å². The average Bonchev–Trinajstić information content (AvgIpc) is 2.91. The SMILES string of the molecule is CC(N)CC1CCC(C)CC1.CC1CCC(=O)N1.CCCCC(C)C. The molecular formula is C22H46N2O. The second kappa shape index (κ2) is 14.6. The van der Waals surface area contributed by atoms with Gasteiger partial charge in [0.1, 0.15) is 0 Å². The molecule has 0 spiro atoms. The third kappa shape index (κ3) is 15.4. The summed E-state index contributed by atoms with van der Waals surface area (Å²) in [5, 5.41) is 2.78. The molecule has 3 N–H and O–H groups in total. The van der Waals surface area contributed by atoms with E-state index in [4.69, 9.17) is 5.73 Å². The summed E-state index contributed by atoms with van der Waals surface area (Å²) in [6.07, 6.45) is 12.8. The minimum Gasteiger partial charge on any atom is -0.354 e. The molecule has 1 saturated carbocycles. The number of unbranched alkanes of at least 4 members (excludes halogenated alkanes) is 1. The average molecular weight is 355 g/mol. The van der Waals surface area contributed by atoms with E-state index in [9.17, 15) is 4.79 Å². The van der Waals surface area contributed by atoms with Crippen molar-refractivity contribution in [3.63, 3.8) is 0 Å². The van der Waals surface area contributed by atoms with Gasteiger partial charge in [-0.1, -0.05) is 72.6 Å². The lowest BCUT2D eigenvalue weighted by atomic mass is 9.80. The van der Waals surface area contributed by atoms with Crippen LogP contribution in [0.2, 0.25) is 0 Å². The maximum atomic E-state index is 10.3. The zero-order valence-corrected chi connectivity index (χ0v) is 17.9. The molecule has 1 aliphatic heterocycles. The molecule has 1 saturated heterocycles. The number of nitrogens with two attached hydrogens (primary N) is 1. The smallest absolute Gasteiger partial charge is 0.220 e. The van der Waals surface area contributed by atoms with Crippen LogP contribution in [0.1, 0.15) is 106 Å². The highest BCUT2D eigenvalue weighted by Crippen LogP contribution is 2.30. The maximum absolute atomic E-state index is 10.3. The Hall–Kier alpha value is -0.570. The van der Waals surface area contributed by atoms with Crippen molar-refractivity contribution in [2.75, 3.05) is 0 Å². The number of carbonyl (C=O) groups is 1. The van der Waals surface area contributed by atoms with Crippen LogP contribution in [0.3, 0.4) is 0 Å². The fourth-order valence-corrected chi connectivity index (χ4v) is 3.47. The molecule has 1 heterocycles. The second-order valence-electron chi connectivity index (χ2n) is 8.88. The van der Waals surface area contributed by atoms with Crippen molar-refractivity contribution in [2.45, 2.75) is 118 Å². The third-order valence-corrected chi connectivity index (χ3v) is 5.19. The first kappa shape index (κ1) is 24.4. The van der Waals surface area contributed by atoms with Gasteiger partial charge in [0, 0.05) is 18.5 Å². The van der Waals surface area contributed by atoms with Crippen molar-refractivity contribution in [1.29, 1.82) is 0 Å². The Balaban J connectivity index is 0.000000362. The first-order valence-electron chi connectivity index (χ1n) is 10.8. The van der Waals surface area contributed by atoms with E-state index in [1.807, 2.05) is 6.92 Å². The minimum absolute atomic E-state index is 0.201. The Kier molecular flexibility index (Phi) is 14.3. The van der Waals surface area contributed by atoms with E-state index in [2.05, 4.69) is 39.9 Å². The van der Waals surface area contributed by atoms with Crippen molar-refractivity contribution in [3.05, 3.63) is 0 Å². The molecule has 0 aromatic carbocycles. The van der Waals surface area contributed by atoms with E-state index >= 15 is 0 Å². The van der Waals surface area contributed by atoms with Gasteiger partial charge >= 0.3 is 0 Å². The lowest BCUT2D eigenvalue weighted by Gasteiger charge is -2.27. The molecule has 2 atom stereocenters. The van der Waals surface area contributed by atoms with E-state index in [0.717, 1.165) is 30.6 Å². The van der Waals surface area contributed by atoms with Gasteiger partial charge < -0.3 is 11.1 Å². The first-order chi connectivity index (χ1) is 11.7. The molecular weight excluding hydrogens is 308 g/mol. The van der Waals surface area contributed by atoms with Crippen LogP contribution in [0.15, 0.2) is 0 Å². The predicted molar refractivity (Wildman–Crippen MR) is 111 cm³/mol. The minimum atomic E-state index is 0.201. The van der Waals surface area contributed by atoms with E-state index in [0.29, 0.717) is 12.1 Å². The summed E-state index contributed by atoms with van der Waals surface area (Å²) in [6.45, 7) is 13.3. The standard InChI is InChI=1S/C10H21N.C7H16.C5H9NO/c1-8-3-5-10(6-4-8)7-9(2)11;1-4-5-6-7(2)3;1-4-2-3-5(7)6-4/h8-10H,3-7,11H2,1-2H3;7H,4-6H2,1-3H3;4H,2-3H2,1H3,(H,6,7). The normalized spacial score (nSPS) is 26.9. The van der Waals surface area contributed by atoms with Crippen molar-refractivity contribution in [1.82, 2.24) is 5.32 Å². The molecule has 150 valence electrons. The van der Waals surface area contributed by atoms with Gasteiger partial charge in [0.25, 0.3) is 0 Å². The highest BCUT2D eigenvalue weighted by molar-refractivity contribution is 5.78. The van der Waals surface area contributed by atoms with Crippen molar-refractivity contribution < 1.29 is 4.79 Å². The molecule has 3 nitrogen and oxygen atoms in total. The molecule has 2 aliphatic rings. The van der Waals surface area contributed by atoms with Crippen LogP contribution in [-0.4, -0.2) is 18.0 Å². The molecule has 0 bridgehead atoms. The number of hydrogen-bond acceptors (Lipinski definition) is 2. The van der Waals surface area contributed by atoms with Crippen LogP contribution in [0, 0.1) is 17.8 Å². The molecule has 1 amide bonds. The summed E-state index contributed by atoms with van der Waals surface area (Å²) in [5.74, 6) is 3.01. The number of amides is 1. The molecule has 0 radical (unpaired) electrons. The summed E-state index contributed by atoms with van der Waals surface area (Å²) in [7, 11) is 0. The highest BCUT2D eigenvalue weighted by Gasteiger charge is 2.18. The van der Waals surface area contributed by atoms with Crippen LogP contribution in [0.4, 0.5) is 0 Å².